The van der Waals surface area contributed by atoms with E-state index >= 15 is 0 Å². The summed E-state index contributed by atoms with van der Waals surface area (Å²) in [6, 6.07) is 18.8. The highest BCUT2D eigenvalue weighted by molar-refractivity contribution is 7.98. The van der Waals surface area contributed by atoms with Crippen molar-refractivity contribution in [2.24, 2.45) is 0 Å². The van der Waals surface area contributed by atoms with Crippen LogP contribution in [0, 0.1) is 6.92 Å². The number of hydrogen-bond donors (Lipinski definition) is 1. The molecule has 3 rings (SSSR count). The number of aryl methyl sites for hydroxylation is 1. The van der Waals surface area contributed by atoms with Gasteiger partial charge in [0.05, 0.1) is 17.3 Å². The second-order valence-corrected chi connectivity index (χ2v) is 8.33. The molecule has 3 aromatic carbocycles. The summed E-state index contributed by atoms with van der Waals surface area (Å²) in [5.74, 6) is 1.24. The number of hydrogen-bond acceptors (Lipinski definition) is 3. The fraction of sp³-hybridized carbons (Fsp3) is 0.174. The second-order valence-electron chi connectivity index (χ2n) is 6.44. The highest BCUT2D eigenvalue weighted by Gasteiger charge is 2.13. The van der Waals surface area contributed by atoms with Gasteiger partial charge < -0.3 is 10.1 Å². The summed E-state index contributed by atoms with van der Waals surface area (Å²) in [5, 5.41) is 3.75. The smallest absolute Gasteiger partial charge is 0.255 e. The lowest BCUT2D eigenvalue weighted by atomic mass is 10.1. The van der Waals surface area contributed by atoms with Gasteiger partial charge in [0.15, 0.2) is 0 Å². The van der Waals surface area contributed by atoms with Crippen LogP contribution in [0.3, 0.4) is 0 Å². The molecule has 3 nitrogen and oxygen atoms in total. The quantitative estimate of drug-likeness (QED) is 0.389. The predicted molar refractivity (Wildman–Crippen MR) is 123 cm³/mol. The molecule has 0 fully saturated rings. The Morgan fingerprint density at radius 1 is 1.03 bits per heavy atom. The van der Waals surface area contributed by atoms with E-state index in [9.17, 15) is 4.79 Å². The highest BCUT2D eigenvalue weighted by Crippen LogP contribution is 2.30. The summed E-state index contributed by atoms with van der Waals surface area (Å²) in [6.45, 7) is 4.57. The van der Waals surface area contributed by atoms with E-state index in [-0.39, 0.29) is 5.91 Å². The summed E-state index contributed by atoms with van der Waals surface area (Å²) in [4.78, 5) is 13.9. The van der Waals surface area contributed by atoms with Gasteiger partial charge in [-0.05, 0) is 62.4 Å². The van der Waals surface area contributed by atoms with Gasteiger partial charge in [-0.1, -0.05) is 40.9 Å². The van der Waals surface area contributed by atoms with E-state index in [0.29, 0.717) is 33.7 Å². The van der Waals surface area contributed by atoms with Gasteiger partial charge >= 0.3 is 0 Å². The highest BCUT2D eigenvalue weighted by atomic mass is 35.5. The molecule has 0 unspecified atom stereocenters. The van der Waals surface area contributed by atoms with Crippen molar-refractivity contribution >= 4 is 46.6 Å². The first-order valence-corrected chi connectivity index (χ1v) is 10.9. The minimum Gasteiger partial charge on any atom is -0.494 e. The van der Waals surface area contributed by atoms with Gasteiger partial charge in [-0.15, -0.1) is 11.8 Å². The molecule has 0 saturated carbocycles. The molecule has 0 atom stereocenters. The Bertz CT molecular complexity index is 1010. The van der Waals surface area contributed by atoms with E-state index in [1.54, 1.807) is 36.0 Å². The predicted octanol–water partition coefficient (Wildman–Crippen LogP) is 7.25. The van der Waals surface area contributed by atoms with Gasteiger partial charge in [0.25, 0.3) is 5.91 Å². The maximum atomic E-state index is 12.7. The third-order valence-corrected chi connectivity index (χ3v) is 5.83. The van der Waals surface area contributed by atoms with Gasteiger partial charge in [-0.2, -0.15) is 0 Å². The maximum absolute atomic E-state index is 12.7. The van der Waals surface area contributed by atoms with Gasteiger partial charge in [0.2, 0.25) is 0 Å². The number of benzene rings is 3. The van der Waals surface area contributed by atoms with Crippen molar-refractivity contribution in [2.45, 2.75) is 24.5 Å². The third-order valence-electron chi connectivity index (χ3n) is 4.22. The van der Waals surface area contributed by atoms with Crippen LogP contribution in [0.1, 0.15) is 28.4 Å². The van der Waals surface area contributed by atoms with Crippen LogP contribution in [0.4, 0.5) is 5.69 Å². The first kappa shape index (κ1) is 21.6. The van der Waals surface area contributed by atoms with Gasteiger partial charge in [-0.3, -0.25) is 4.79 Å². The van der Waals surface area contributed by atoms with Crippen LogP contribution in [-0.2, 0) is 5.75 Å². The number of ether oxygens (including phenoxy) is 1. The Balaban J connectivity index is 1.79. The number of anilines is 1. The fourth-order valence-corrected chi connectivity index (χ4v) is 4.04. The van der Waals surface area contributed by atoms with E-state index in [4.69, 9.17) is 27.9 Å². The van der Waals surface area contributed by atoms with Crippen LogP contribution >= 0.6 is 35.0 Å². The van der Waals surface area contributed by atoms with E-state index in [1.807, 2.05) is 19.1 Å². The Morgan fingerprint density at radius 2 is 1.79 bits per heavy atom. The van der Waals surface area contributed by atoms with Gasteiger partial charge in [0.1, 0.15) is 5.75 Å². The maximum Gasteiger partial charge on any atom is 0.255 e. The van der Waals surface area contributed by atoms with Crippen molar-refractivity contribution < 1.29 is 9.53 Å². The van der Waals surface area contributed by atoms with Crippen LogP contribution in [-0.4, -0.2) is 12.5 Å². The lowest BCUT2D eigenvalue weighted by Gasteiger charge is -2.13. The van der Waals surface area contributed by atoms with Crippen LogP contribution in [0.5, 0.6) is 5.75 Å². The van der Waals surface area contributed by atoms with Crippen molar-refractivity contribution in [1.29, 1.82) is 0 Å². The van der Waals surface area contributed by atoms with Crippen LogP contribution in [0.25, 0.3) is 0 Å². The first-order chi connectivity index (χ1) is 14.0. The molecule has 0 aromatic heterocycles. The van der Waals surface area contributed by atoms with Crippen molar-refractivity contribution in [3.63, 3.8) is 0 Å². The average molecular weight is 446 g/mol. The van der Waals surface area contributed by atoms with E-state index in [1.165, 1.54) is 10.5 Å². The van der Waals surface area contributed by atoms with Crippen molar-refractivity contribution in [1.82, 2.24) is 0 Å². The number of carbonyl (C=O) groups excluding carboxylic acids is 1. The molecule has 1 amide bonds. The number of thioether (sulfide) groups is 1. The Kier molecular flexibility index (Phi) is 7.48. The molecule has 0 aliphatic carbocycles. The molecule has 0 radical (unpaired) electrons. The Hall–Kier alpha value is -2.14. The van der Waals surface area contributed by atoms with E-state index in [0.717, 1.165) is 11.3 Å². The van der Waals surface area contributed by atoms with Crippen molar-refractivity contribution in [2.75, 3.05) is 11.9 Å². The fourth-order valence-electron chi connectivity index (χ4n) is 2.71. The summed E-state index contributed by atoms with van der Waals surface area (Å²) < 4.78 is 5.75. The summed E-state index contributed by atoms with van der Waals surface area (Å²) >= 11 is 13.8. The van der Waals surface area contributed by atoms with E-state index < -0.39 is 0 Å². The second kappa shape index (κ2) is 10.1. The molecule has 0 heterocycles. The molecule has 29 heavy (non-hydrogen) atoms. The number of carbonyl (C=O) groups is 1. The zero-order chi connectivity index (χ0) is 20.8. The average Bonchev–Trinajstić information content (AvgIpc) is 2.70. The summed E-state index contributed by atoms with van der Waals surface area (Å²) in [5.41, 5.74) is 3.25. The van der Waals surface area contributed by atoms with E-state index in [2.05, 4.69) is 36.5 Å². The first-order valence-electron chi connectivity index (χ1n) is 9.18. The minimum atomic E-state index is -0.237. The lowest BCUT2D eigenvalue weighted by molar-refractivity contribution is 0.102. The summed E-state index contributed by atoms with van der Waals surface area (Å²) in [6.07, 6.45) is 0. The zero-order valence-electron chi connectivity index (χ0n) is 16.2. The third kappa shape index (κ3) is 5.92. The number of rotatable bonds is 7. The number of nitrogens with one attached hydrogen (secondary N) is 1. The molecule has 0 aliphatic heterocycles. The lowest BCUT2D eigenvalue weighted by Crippen LogP contribution is -2.13. The van der Waals surface area contributed by atoms with Gasteiger partial charge in [0, 0.05) is 26.8 Å². The zero-order valence-corrected chi connectivity index (χ0v) is 18.5. The largest absolute Gasteiger partial charge is 0.494 e. The van der Waals surface area contributed by atoms with Crippen LogP contribution in [0.2, 0.25) is 10.0 Å². The standard InChI is InChI=1S/C23H21Cl2NO2S/c1-3-28-22-11-6-16(23(27)26-21-10-7-18(24)13-20(21)25)12-17(22)14-29-19-8-4-15(2)5-9-19/h4-13H,3,14H2,1-2H3,(H,26,27). The molecule has 0 bridgehead atoms. The molecular formula is C23H21Cl2NO2S. The van der Waals surface area contributed by atoms with Crippen molar-refractivity contribution in [3.05, 3.63) is 87.4 Å². The molecule has 1 N–H and O–H groups in total. The molecule has 6 heteroatoms. The molecule has 0 spiro atoms. The molecular weight excluding hydrogens is 425 g/mol. The monoisotopic (exact) mass is 445 g/mol. The van der Waals surface area contributed by atoms with Crippen molar-refractivity contribution in [3.8, 4) is 5.75 Å². The Labute approximate surface area is 185 Å². The SMILES string of the molecule is CCOc1ccc(C(=O)Nc2ccc(Cl)cc2Cl)cc1CSc1ccc(C)cc1. The summed E-state index contributed by atoms with van der Waals surface area (Å²) in [7, 11) is 0. The minimum absolute atomic E-state index is 0.237. The molecule has 0 saturated heterocycles. The van der Waals surface area contributed by atoms with Gasteiger partial charge in [-0.25, -0.2) is 0 Å². The Morgan fingerprint density at radius 3 is 2.48 bits per heavy atom. The normalized spacial score (nSPS) is 10.6. The van der Waals surface area contributed by atoms with Crippen LogP contribution in [0.15, 0.2) is 65.6 Å². The number of halogens is 2. The topological polar surface area (TPSA) is 38.3 Å². The van der Waals surface area contributed by atoms with Crippen LogP contribution < -0.4 is 10.1 Å². The molecule has 150 valence electrons. The molecule has 0 aliphatic rings. The molecule has 3 aromatic rings. The number of amides is 1.